The number of pyridine rings is 2. The van der Waals surface area contributed by atoms with Gasteiger partial charge in [0.2, 0.25) is 0 Å². The average molecular weight is 404 g/mol. The van der Waals surface area contributed by atoms with Gasteiger partial charge in [0.1, 0.15) is 11.5 Å². The normalized spacial score (nSPS) is 14.8. The zero-order valence-corrected chi connectivity index (χ0v) is 16.4. The Hall–Kier alpha value is -3.73. The van der Waals surface area contributed by atoms with E-state index in [-0.39, 0.29) is 17.6 Å². The van der Waals surface area contributed by atoms with Crippen molar-refractivity contribution in [2.75, 3.05) is 18.4 Å². The minimum Gasteiger partial charge on any atom is -0.317 e. The van der Waals surface area contributed by atoms with Crippen LogP contribution >= 0.6 is 0 Å². The number of hydrogen-bond donors (Lipinski definition) is 2. The molecule has 1 amide bonds. The Kier molecular flexibility index (Phi) is 4.64. The molecular weight excluding hydrogens is 384 g/mol. The van der Waals surface area contributed by atoms with Crippen molar-refractivity contribution in [3.8, 4) is 11.4 Å². The van der Waals surface area contributed by atoms with Crippen LogP contribution in [0.2, 0.25) is 0 Å². The number of aromatic nitrogens is 8. The van der Waals surface area contributed by atoms with E-state index in [4.69, 9.17) is 0 Å². The minimum absolute atomic E-state index is 0.261. The van der Waals surface area contributed by atoms with Crippen LogP contribution in [0.25, 0.3) is 22.3 Å². The summed E-state index contributed by atoms with van der Waals surface area (Å²) in [6, 6.07) is 5.77. The Morgan fingerprint density at radius 1 is 1.13 bits per heavy atom. The second kappa shape index (κ2) is 7.59. The number of amides is 1. The second-order valence-electron chi connectivity index (χ2n) is 7.26. The fourth-order valence-corrected chi connectivity index (χ4v) is 3.50. The van der Waals surface area contributed by atoms with Gasteiger partial charge in [0.05, 0.1) is 29.6 Å². The van der Waals surface area contributed by atoms with Gasteiger partial charge in [0.25, 0.3) is 5.91 Å². The summed E-state index contributed by atoms with van der Waals surface area (Å²) in [5.41, 5.74) is 2.33. The van der Waals surface area contributed by atoms with E-state index in [2.05, 4.69) is 41.2 Å². The maximum atomic E-state index is 12.6. The number of rotatable bonds is 4. The van der Waals surface area contributed by atoms with Crippen LogP contribution in [-0.2, 0) is 7.05 Å². The molecule has 0 bridgehead atoms. The fraction of sp³-hybridized carbons (Fsp3) is 0.316. The molecule has 1 aliphatic rings. The monoisotopic (exact) mass is 404 g/mol. The summed E-state index contributed by atoms with van der Waals surface area (Å²) in [5.74, 6) is 0.0415. The number of piperidine rings is 1. The third kappa shape index (κ3) is 3.62. The highest BCUT2D eigenvalue weighted by molar-refractivity contribution is 6.02. The molecule has 1 fully saturated rings. The smallest absolute Gasteiger partial charge is 0.278 e. The number of anilines is 1. The van der Waals surface area contributed by atoms with E-state index in [0.717, 1.165) is 31.3 Å². The zero-order valence-electron chi connectivity index (χ0n) is 16.4. The largest absolute Gasteiger partial charge is 0.317 e. The first-order valence-corrected chi connectivity index (χ1v) is 9.73. The summed E-state index contributed by atoms with van der Waals surface area (Å²) < 4.78 is 3.40. The van der Waals surface area contributed by atoms with Gasteiger partial charge in [-0.15, -0.1) is 10.2 Å². The summed E-state index contributed by atoms with van der Waals surface area (Å²) in [6.45, 7) is 1.88. The van der Waals surface area contributed by atoms with Crippen LogP contribution in [0.5, 0.6) is 0 Å². The van der Waals surface area contributed by atoms with Gasteiger partial charge in [0, 0.05) is 24.7 Å². The van der Waals surface area contributed by atoms with Crippen molar-refractivity contribution in [1.82, 2.24) is 45.3 Å². The molecule has 0 atom stereocenters. The van der Waals surface area contributed by atoms with Gasteiger partial charge in [-0.25, -0.2) is 14.6 Å². The van der Waals surface area contributed by atoms with Crippen molar-refractivity contribution in [1.29, 1.82) is 0 Å². The van der Waals surface area contributed by atoms with Gasteiger partial charge >= 0.3 is 0 Å². The van der Waals surface area contributed by atoms with Crippen LogP contribution in [0.3, 0.4) is 0 Å². The van der Waals surface area contributed by atoms with E-state index in [0.29, 0.717) is 22.7 Å². The topological polar surface area (TPSA) is 128 Å². The van der Waals surface area contributed by atoms with Gasteiger partial charge in [-0.2, -0.15) is 0 Å². The molecule has 5 rings (SSSR count). The third-order valence-electron chi connectivity index (χ3n) is 5.11. The van der Waals surface area contributed by atoms with Crippen molar-refractivity contribution in [2.24, 2.45) is 7.05 Å². The van der Waals surface area contributed by atoms with Gasteiger partial charge in [0.15, 0.2) is 5.69 Å². The van der Waals surface area contributed by atoms with Gasteiger partial charge in [-0.1, -0.05) is 10.4 Å². The van der Waals surface area contributed by atoms with E-state index in [9.17, 15) is 4.79 Å². The van der Waals surface area contributed by atoms with E-state index in [1.807, 2.05) is 12.1 Å². The van der Waals surface area contributed by atoms with Crippen molar-refractivity contribution in [3.05, 3.63) is 42.5 Å². The summed E-state index contributed by atoms with van der Waals surface area (Å²) in [7, 11) is 1.80. The van der Waals surface area contributed by atoms with E-state index in [1.54, 1.807) is 41.1 Å². The van der Waals surface area contributed by atoms with E-state index >= 15 is 0 Å². The molecule has 5 heterocycles. The molecule has 1 saturated heterocycles. The molecule has 0 saturated carbocycles. The molecule has 11 heteroatoms. The van der Waals surface area contributed by atoms with Crippen LogP contribution in [0, 0.1) is 0 Å². The van der Waals surface area contributed by atoms with Gasteiger partial charge in [-0.05, 0) is 38.1 Å². The van der Waals surface area contributed by atoms with Crippen molar-refractivity contribution >= 4 is 22.6 Å². The maximum Gasteiger partial charge on any atom is 0.278 e. The van der Waals surface area contributed by atoms with Crippen LogP contribution in [0.1, 0.15) is 29.4 Å². The van der Waals surface area contributed by atoms with E-state index < -0.39 is 0 Å². The number of fused-ring (bicyclic) bond motifs is 1. The molecule has 0 aliphatic carbocycles. The first-order valence-electron chi connectivity index (χ1n) is 9.73. The summed E-state index contributed by atoms with van der Waals surface area (Å²) in [5, 5.41) is 23.1. The predicted octanol–water partition coefficient (Wildman–Crippen LogP) is 1.19. The molecule has 0 aromatic carbocycles. The number of nitrogens with zero attached hydrogens (tertiary/aromatic N) is 8. The molecule has 1 aliphatic heterocycles. The Bertz CT molecular complexity index is 1210. The van der Waals surface area contributed by atoms with Crippen LogP contribution in [0.4, 0.5) is 5.82 Å². The molecule has 0 radical (unpaired) electrons. The lowest BCUT2D eigenvalue weighted by atomic mass is 10.1. The highest BCUT2D eigenvalue weighted by atomic mass is 16.2. The van der Waals surface area contributed by atoms with E-state index in [1.165, 1.54) is 0 Å². The quantitative estimate of drug-likeness (QED) is 0.519. The predicted molar refractivity (Wildman–Crippen MR) is 109 cm³/mol. The minimum atomic E-state index is -0.355. The Balaban J connectivity index is 1.35. The summed E-state index contributed by atoms with van der Waals surface area (Å²) in [4.78, 5) is 21.5. The number of carbonyl (C=O) groups excluding carboxylic acids is 1. The number of hydrogen-bond acceptors (Lipinski definition) is 8. The molecule has 4 aromatic heterocycles. The molecular formula is C19H20N10O. The summed E-state index contributed by atoms with van der Waals surface area (Å²) >= 11 is 0. The molecule has 2 N–H and O–H groups in total. The Labute approximate surface area is 171 Å². The average Bonchev–Trinajstić information content (AvgIpc) is 3.43. The maximum absolute atomic E-state index is 12.6. The zero-order chi connectivity index (χ0) is 20.5. The molecule has 0 spiro atoms. The lowest BCUT2D eigenvalue weighted by Crippen LogP contribution is -2.29. The van der Waals surface area contributed by atoms with Crippen molar-refractivity contribution < 1.29 is 4.79 Å². The summed E-state index contributed by atoms with van der Waals surface area (Å²) in [6.07, 6.45) is 7.09. The molecule has 11 nitrogen and oxygen atoms in total. The first kappa shape index (κ1) is 18.3. The lowest BCUT2D eigenvalue weighted by molar-refractivity contribution is 0.102. The van der Waals surface area contributed by atoms with Gasteiger partial charge in [-0.3, -0.25) is 9.48 Å². The standard InChI is InChI=1S/C19H20N10O/c1-28-10-16(24-26-28)14-3-2-12-9-21-18(8-15(12)22-14)23-19(30)17-11-29(27-25-17)13-4-6-20-7-5-13/h2-3,8-11,13,20H,4-7H2,1H3,(H,21,23,30). The van der Waals surface area contributed by atoms with Gasteiger partial charge < -0.3 is 10.6 Å². The van der Waals surface area contributed by atoms with Crippen LogP contribution < -0.4 is 10.6 Å². The number of nitrogens with one attached hydrogen (secondary N) is 2. The Morgan fingerprint density at radius 2 is 2.00 bits per heavy atom. The fourth-order valence-electron chi connectivity index (χ4n) is 3.50. The molecule has 30 heavy (non-hydrogen) atoms. The number of aryl methyl sites for hydroxylation is 1. The van der Waals surface area contributed by atoms with Crippen LogP contribution in [-0.4, -0.2) is 59.0 Å². The van der Waals surface area contributed by atoms with Crippen molar-refractivity contribution in [3.63, 3.8) is 0 Å². The number of carbonyl (C=O) groups is 1. The van der Waals surface area contributed by atoms with Crippen LogP contribution in [0.15, 0.2) is 36.8 Å². The highest BCUT2D eigenvalue weighted by Crippen LogP contribution is 2.21. The first-order chi connectivity index (χ1) is 14.7. The molecule has 0 unspecified atom stereocenters. The SMILES string of the molecule is Cn1cc(-c2ccc3cnc(NC(=O)c4cn(C5CCNCC5)nn4)cc3n2)nn1. The molecule has 152 valence electrons. The Morgan fingerprint density at radius 3 is 2.80 bits per heavy atom. The molecule has 4 aromatic rings. The highest BCUT2D eigenvalue weighted by Gasteiger charge is 2.19. The third-order valence-corrected chi connectivity index (χ3v) is 5.11. The second-order valence-corrected chi connectivity index (χ2v) is 7.26. The lowest BCUT2D eigenvalue weighted by Gasteiger charge is -2.22. The van der Waals surface area contributed by atoms with Crippen molar-refractivity contribution in [2.45, 2.75) is 18.9 Å².